The Morgan fingerprint density at radius 1 is 0.440 bits per heavy atom. The fourth-order valence-electron chi connectivity index (χ4n) is 4.26. The van der Waals surface area contributed by atoms with Crippen LogP contribution in [0.25, 0.3) is 54.1 Å². The molecule has 0 saturated carbocycles. The lowest BCUT2D eigenvalue weighted by Gasteiger charge is -2.13. The maximum Gasteiger partial charge on any atom is 0.134 e. The maximum atomic E-state index is 5.66. The van der Waals surface area contributed by atoms with Gasteiger partial charge >= 0.3 is 0 Å². The summed E-state index contributed by atoms with van der Waals surface area (Å²) in [6, 6.07) is 28.2. The van der Waals surface area contributed by atoms with Gasteiger partial charge in [-0.25, -0.2) is 0 Å². The zero-order valence-corrected chi connectivity index (χ0v) is 13.5. The molecule has 0 bridgehead atoms. The third-order valence-electron chi connectivity index (χ3n) is 5.32. The van der Waals surface area contributed by atoms with Crippen molar-refractivity contribution in [1.82, 2.24) is 0 Å². The average Bonchev–Trinajstić information content (AvgIpc) is 3.16. The Bertz CT molecular complexity index is 1420. The van der Waals surface area contributed by atoms with Crippen molar-refractivity contribution in [3.8, 4) is 0 Å². The van der Waals surface area contributed by atoms with Gasteiger partial charge in [-0.15, -0.1) is 0 Å². The van der Waals surface area contributed by atoms with E-state index in [0.717, 1.165) is 5.58 Å². The minimum atomic E-state index is 0.942. The highest BCUT2D eigenvalue weighted by molar-refractivity contribution is 6.35. The second-order valence-electron chi connectivity index (χ2n) is 6.58. The van der Waals surface area contributed by atoms with Gasteiger partial charge < -0.3 is 4.42 Å². The smallest absolute Gasteiger partial charge is 0.134 e. The second kappa shape index (κ2) is 4.61. The van der Waals surface area contributed by atoms with Crippen LogP contribution in [0, 0.1) is 0 Å². The third kappa shape index (κ3) is 1.62. The molecule has 25 heavy (non-hydrogen) atoms. The van der Waals surface area contributed by atoms with E-state index in [1.54, 1.807) is 6.26 Å². The molecule has 0 N–H and O–H groups in total. The molecule has 5 aromatic carbocycles. The summed E-state index contributed by atoms with van der Waals surface area (Å²) in [5, 5.41) is 11.6. The van der Waals surface area contributed by atoms with E-state index in [1.165, 1.54) is 48.5 Å². The van der Waals surface area contributed by atoms with E-state index in [4.69, 9.17) is 4.42 Å². The van der Waals surface area contributed by atoms with Gasteiger partial charge in [-0.3, -0.25) is 0 Å². The summed E-state index contributed by atoms with van der Waals surface area (Å²) in [4.78, 5) is 0. The van der Waals surface area contributed by atoms with E-state index in [2.05, 4.69) is 78.9 Å². The minimum Gasteiger partial charge on any atom is -0.464 e. The summed E-state index contributed by atoms with van der Waals surface area (Å²) < 4.78 is 5.66. The normalized spacial score (nSPS) is 12.0. The first-order valence-corrected chi connectivity index (χ1v) is 8.54. The van der Waals surface area contributed by atoms with E-state index in [1.807, 2.05) is 0 Å². The molecule has 6 aromatic rings. The monoisotopic (exact) mass is 318 g/mol. The van der Waals surface area contributed by atoms with Gasteiger partial charge in [0.2, 0.25) is 0 Å². The van der Waals surface area contributed by atoms with Gasteiger partial charge in [0.05, 0.1) is 6.26 Å². The average molecular weight is 318 g/mol. The van der Waals surface area contributed by atoms with Gasteiger partial charge in [0.25, 0.3) is 0 Å². The highest BCUT2D eigenvalue weighted by atomic mass is 16.3. The molecule has 6 rings (SSSR count). The van der Waals surface area contributed by atoms with E-state index < -0.39 is 0 Å². The molecule has 0 atom stereocenters. The van der Waals surface area contributed by atoms with Gasteiger partial charge in [0.15, 0.2) is 0 Å². The van der Waals surface area contributed by atoms with E-state index in [-0.39, 0.29) is 0 Å². The zero-order valence-electron chi connectivity index (χ0n) is 13.5. The van der Waals surface area contributed by atoms with Crippen LogP contribution in [0.2, 0.25) is 0 Å². The second-order valence-corrected chi connectivity index (χ2v) is 6.58. The molecule has 0 unspecified atom stereocenters. The van der Waals surface area contributed by atoms with Crippen molar-refractivity contribution >= 4 is 54.1 Å². The molecule has 0 radical (unpaired) electrons. The molecule has 116 valence electrons. The molecule has 0 fully saturated rings. The molecule has 0 saturated heterocycles. The fourth-order valence-corrected chi connectivity index (χ4v) is 4.26. The van der Waals surface area contributed by atoms with Gasteiger partial charge in [0.1, 0.15) is 5.58 Å². The van der Waals surface area contributed by atoms with Crippen molar-refractivity contribution in [2.24, 2.45) is 0 Å². The SMILES string of the molecule is c1ccc2c(c1)ccc1c3ccc4occc4c3c3ccccc3c21. The molecule has 0 aliphatic heterocycles. The summed E-state index contributed by atoms with van der Waals surface area (Å²) in [6.07, 6.45) is 1.78. The van der Waals surface area contributed by atoms with Crippen LogP contribution in [-0.4, -0.2) is 0 Å². The van der Waals surface area contributed by atoms with Crippen LogP contribution in [0.5, 0.6) is 0 Å². The Morgan fingerprint density at radius 2 is 1.04 bits per heavy atom. The number of benzene rings is 5. The number of hydrogen-bond donors (Lipinski definition) is 0. The molecule has 0 aliphatic carbocycles. The summed E-state index contributed by atoms with van der Waals surface area (Å²) in [6.45, 7) is 0. The molecular formula is C24H14O. The number of fused-ring (bicyclic) bond motifs is 10. The first-order valence-electron chi connectivity index (χ1n) is 8.54. The summed E-state index contributed by atoms with van der Waals surface area (Å²) >= 11 is 0. The molecular weight excluding hydrogens is 304 g/mol. The van der Waals surface area contributed by atoms with Gasteiger partial charge in [-0.2, -0.15) is 0 Å². The summed E-state index contributed by atoms with van der Waals surface area (Å²) in [5.74, 6) is 0. The number of rotatable bonds is 0. The number of hydrogen-bond acceptors (Lipinski definition) is 1. The lowest BCUT2D eigenvalue weighted by atomic mass is 9.90. The third-order valence-corrected chi connectivity index (χ3v) is 5.32. The lowest BCUT2D eigenvalue weighted by Crippen LogP contribution is -1.85. The van der Waals surface area contributed by atoms with Crippen LogP contribution >= 0.6 is 0 Å². The topological polar surface area (TPSA) is 13.1 Å². The molecule has 1 heterocycles. The highest BCUT2D eigenvalue weighted by Gasteiger charge is 2.13. The standard InChI is InChI=1S/C24H14O/c1-2-6-16-15(5-1)9-10-19-20-11-12-22-21(13-14-25-22)24(20)18-8-4-3-7-17(18)23(16)19/h1-14H. The molecule has 1 aromatic heterocycles. The molecule has 0 aliphatic rings. The van der Waals surface area contributed by atoms with Crippen LogP contribution in [0.4, 0.5) is 0 Å². The maximum absolute atomic E-state index is 5.66. The molecule has 1 nitrogen and oxygen atoms in total. The van der Waals surface area contributed by atoms with E-state index in [0.29, 0.717) is 0 Å². The number of furan rings is 1. The quantitative estimate of drug-likeness (QED) is 0.274. The van der Waals surface area contributed by atoms with Crippen LogP contribution < -0.4 is 0 Å². The summed E-state index contributed by atoms with van der Waals surface area (Å²) in [5.41, 5.74) is 0.942. The Hall–Kier alpha value is -3.32. The van der Waals surface area contributed by atoms with Crippen molar-refractivity contribution in [1.29, 1.82) is 0 Å². The van der Waals surface area contributed by atoms with Gasteiger partial charge in [-0.1, -0.05) is 60.7 Å². The Labute approximate surface area is 144 Å². The van der Waals surface area contributed by atoms with Crippen molar-refractivity contribution in [2.45, 2.75) is 0 Å². The summed E-state index contributed by atoms with van der Waals surface area (Å²) in [7, 11) is 0. The Kier molecular flexibility index (Phi) is 2.40. The first-order chi connectivity index (χ1) is 12.4. The zero-order chi connectivity index (χ0) is 16.4. The molecule has 1 heteroatoms. The van der Waals surface area contributed by atoms with Crippen LogP contribution in [0.15, 0.2) is 89.5 Å². The first kappa shape index (κ1) is 13.0. The Balaban J connectivity index is 2.06. The van der Waals surface area contributed by atoms with Crippen molar-refractivity contribution in [3.05, 3.63) is 85.1 Å². The van der Waals surface area contributed by atoms with Crippen LogP contribution in [0.1, 0.15) is 0 Å². The van der Waals surface area contributed by atoms with E-state index >= 15 is 0 Å². The molecule has 0 amide bonds. The Morgan fingerprint density at radius 3 is 1.84 bits per heavy atom. The fraction of sp³-hybridized carbons (Fsp3) is 0. The van der Waals surface area contributed by atoms with Gasteiger partial charge in [-0.05, 0) is 55.9 Å². The largest absolute Gasteiger partial charge is 0.464 e. The van der Waals surface area contributed by atoms with E-state index in [9.17, 15) is 0 Å². The molecule has 0 spiro atoms. The predicted octanol–water partition coefficient (Wildman–Crippen LogP) is 7.05. The lowest BCUT2D eigenvalue weighted by molar-refractivity contribution is 0.616. The van der Waals surface area contributed by atoms with Crippen molar-refractivity contribution in [2.75, 3.05) is 0 Å². The predicted molar refractivity (Wildman–Crippen MR) is 106 cm³/mol. The van der Waals surface area contributed by atoms with Crippen molar-refractivity contribution in [3.63, 3.8) is 0 Å². The van der Waals surface area contributed by atoms with Crippen LogP contribution in [-0.2, 0) is 0 Å². The minimum absolute atomic E-state index is 0.942. The van der Waals surface area contributed by atoms with Crippen molar-refractivity contribution < 1.29 is 4.42 Å². The van der Waals surface area contributed by atoms with Crippen LogP contribution in [0.3, 0.4) is 0 Å². The highest BCUT2D eigenvalue weighted by Crippen LogP contribution is 2.41. The van der Waals surface area contributed by atoms with Gasteiger partial charge in [0, 0.05) is 10.8 Å².